The van der Waals surface area contributed by atoms with E-state index in [0.29, 0.717) is 47.6 Å². The average molecular weight is 557 g/mol. The highest BCUT2D eigenvalue weighted by Crippen LogP contribution is 2.39. The van der Waals surface area contributed by atoms with Gasteiger partial charge in [-0.3, -0.25) is 9.11 Å². The van der Waals surface area contributed by atoms with Gasteiger partial charge in [-0.2, -0.15) is 8.42 Å². The Labute approximate surface area is 217 Å². The number of hydrogen-bond donors (Lipinski definition) is 4. The first kappa shape index (κ1) is 38.5. The maximum absolute atomic E-state index is 8.74. The second-order valence-corrected chi connectivity index (χ2v) is 7.49. The predicted octanol–water partition coefficient (Wildman–Crippen LogP) is 0.125. The van der Waals surface area contributed by atoms with Crippen molar-refractivity contribution >= 4 is 10.4 Å². The van der Waals surface area contributed by atoms with Crippen molar-refractivity contribution in [3.8, 4) is 34.5 Å². The van der Waals surface area contributed by atoms with E-state index in [2.05, 4.69) is 0 Å². The van der Waals surface area contributed by atoms with E-state index in [1.807, 2.05) is 24.3 Å². The van der Waals surface area contributed by atoms with Crippen LogP contribution in [-0.2, 0) is 23.2 Å². The Hall–Kier alpha value is -3.05. The minimum atomic E-state index is -4.67. The lowest BCUT2D eigenvalue weighted by Crippen LogP contribution is -2.04. The van der Waals surface area contributed by atoms with Crippen LogP contribution in [0.25, 0.3) is 0 Å². The molecule has 0 unspecified atom stereocenters. The Balaban J connectivity index is -0.000000506. The molecule has 0 saturated carbocycles. The predicted molar refractivity (Wildman–Crippen MR) is 139 cm³/mol. The third-order valence-corrected chi connectivity index (χ3v) is 4.32. The maximum atomic E-state index is 8.74. The molecule has 0 atom stereocenters. The molecule has 2 rings (SSSR count). The number of nitrogens with two attached hydrogens (primary N) is 2. The Morgan fingerprint density at radius 2 is 0.811 bits per heavy atom. The Morgan fingerprint density at radius 1 is 0.595 bits per heavy atom. The number of rotatable bonds is 10. The summed E-state index contributed by atoms with van der Waals surface area (Å²) in [6.07, 6.45) is 1.58. The van der Waals surface area contributed by atoms with Crippen molar-refractivity contribution < 1.29 is 56.9 Å². The standard InChI is InChI=1S/2C11H17NO3.H2O4S.2H2O/c2*1-13-9-6-8(4-5-12)7-10(14-2)11(9)15-3;1-5(2,3)4;;/h2*6-7H,4-5,12H2,1-3H3;(H2,1,2,3,4);2*1H2. The molecule has 0 aliphatic heterocycles. The van der Waals surface area contributed by atoms with Crippen LogP contribution in [0.1, 0.15) is 11.1 Å². The minimum Gasteiger partial charge on any atom is -0.493 e. The van der Waals surface area contributed by atoms with Gasteiger partial charge in [-0.15, -0.1) is 0 Å². The summed E-state index contributed by atoms with van der Waals surface area (Å²) in [5, 5.41) is 0. The lowest BCUT2D eigenvalue weighted by Gasteiger charge is -2.13. The zero-order valence-corrected chi connectivity index (χ0v) is 22.7. The zero-order chi connectivity index (χ0) is 27.0. The molecule has 0 spiro atoms. The third-order valence-electron chi connectivity index (χ3n) is 4.32. The number of ether oxygens (including phenoxy) is 6. The van der Waals surface area contributed by atoms with Crippen LogP contribution in [0.4, 0.5) is 0 Å². The molecular weight excluding hydrogens is 516 g/mol. The summed E-state index contributed by atoms with van der Waals surface area (Å²) >= 11 is 0. The van der Waals surface area contributed by atoms with Gasteiger partial charge in [0.25, 0.3) is 0 Å². The molecular formula is C22H40N2O12S. The van der Waals surface area contributed by atoms with Gasteiger partial charge in [0.15, 0.2) is 23.0 Å². The topological polar surface area (TPSA) is 245 Å². The molecule has 0 amide bonds. The Bertz CT molecular complexity index is 880. The SMILES string of the molecule is COc1cc(CCN)cc(OC)c1OC.COc1cc(CCN)cc(OC)c1OC.O.O.O=S(=O)(O)O. The summed E-state index contributed by atoms with van der Waals surface area (Å²) in [6, 6.07) is 7.64. The molecule has 0 aliphatic carbocycles. The summed E-state index contributed by atoms with van der Waals surface area (Å²) < 4.78 is 62.9. The van der Waals surface area contributed by atoms with Crippen LogP contribution in [0.2, 0.25) is 0 Å². The largest absolute Gasteiger partial charge is 0.493 e. The van der Waals surface area contributed by atoms with E-state index in [-0.39, 0.29) is 11.0 Å². The molecule has 0 bridgehead atoms. The highest BCUT2D eigenvalue weighted by molar-refractivity contribution is 7.79. The maximum Gasteiger partial charge on any atom is 0.394 e. The molecule has 0 aromatic heterocycles. The Morgan fingerprint density at radius 3 is 0.946 bits per heavy atom. The monoisotopic (exact) mass is 556 g/mol. The van der Waals surface area contributed by atoms with Crippen LogP contribution in [0.15, 0.2) is 24.3 Å². The molecule has 37 heavy (non-hydrogen) atoms. The first-order valence-corrected chi connectivity index (χ1v) is 11.6. The van der Waals surface area contributed by atoms with Gasteiger partial charge in [-0.05, 0) is 61.3 Å². The molecule has 10 N–H and O–H groups in total. The van der Waals surface area contributed by atoms with Crippen molar-refractivity contribution in [2.45, 2.75) is 12.8 Å². The molecule has 2 aromatic carbocycles. The first-order chi connectivity index (χ1) is 16.5. The second-order valence-electron chi connectivity index (χ2n) is 6.59. The summed E-state index contributed by atoms with van der Waals surface area (Å²) in [5.74, 6) is 3.89. The van der Waals surface area contributed by atoms with Crippen molar-refractivity contribution in [2.24, 2.45) is 11.5 Å². The fourth-order valence-corrected chi connectivity index (χ4v) is 2.89. The quantitative estimate of drug-likeness (QED) is 0.285. The smallest absolute Gasteiger partial charge is 0.394 e. The number of hydrogen-bond acceptors (Lipinski definition) is 10. The van der Waals surface area contributed by atoms with E-state index in [1.54, 1.807) is 42.7 Å². The van der Waals surface area contributed by atoms with Crippen molar-refractivity contribution in [3.63, 3.8) is 0 Å². The van der Waals surface area contributed by atoms with E-state index in [9.17, 15) is 0 Å². The summed E-state index contributed by atoms with van der Waals surface area (Å²) in [7, 11) is 4.91. The van der Waals surface area contributed by atoms with Gasteiger partial charge in [0.05, 0.1) is 42.7 Å². The average Bonchev–Trinajstić information content (AvgIpc) is 2.82. The second kappa shape index (κ2) is 20.1. The summed E-state index contributed by atoms with van der Waals surface area (Å²) in [5.41, 5.74) is 13.2. The van der Waals surface area contributed by atoms with E-state index < -0.39 is 10.4 Å². The molecule has 14 nitrogen and oxygen atoms in total. The van der Waals surface area contributed by atoms with Crippen molar-refractivity contribution in [3.05, 3.63) is 35.4 Å². The normalized spacial score (nSPS) is 9.57. The fraction of sp³-hybridized carbons (Fsp3) is 0.455. The minimum absolute atomic E-state index is 0. The van der Waals surface area contributed by atoms with Crippen LogP contribution < -0.4 is 39.9 Å². The first-order valence-electron chi connectivity index (χ1n) is 10.2. The van der Waals surface area contributed by atoms with E-state index in [4.69, 9.17) is 57.4 Å². The van der Waals surface area contributed by atoms with Gasteiger partial charge in [0.1, 0.15) is 0 Å². The van der Waals surface area contributed by atoms with Crippen molar-refractivity contribution in [1.29, 1.82) is 0 Å². The fourth-order valence-electron chi connectivity index (χ4n) is 2.89. The van der Waals surface area contributed by atoms with Gasteiger partial charge in [-0.25, -0.2) is 0 Å². The van der Waals surface area contributed by atoms with Gasteiger partial charge in [0, 0.05) is 0 Å². The Kier molecular flexibility index (Phi) is 20.9. The van der Waals surface area contributed by atoms with Crippen LogP contribution in [0, 0.1) is 0 Å². The van der Waals surface area contributed by atoms with Gasteiger partial charge in [-0.1, -0.05) is 0 Å². The lowest BCUT2D eigenvalue weighted by molar-refractivity contribution is 0.324. The van der Waals surface area contributed by atoms with Crippen molar-refractivity contribution in [2.75, 3.05) is 55.7 Å². The number of methoxy groups -OCH3 is 6. The van der Waals surface area contributed by atoms with Crippen LogP contribution >= 0.6 is 0 Å². The summed E-state index contributed by atoms with van der Waals surface area (Å²) in [6.45, 7) is 1.19. The van der Waals surface area contributed by atoms with E-state index in [1.165, 1.54) is 0 Å². The van der Waals surface area contributed by atoms with Gasteiger partial charge >= 0.3 is 10.4 Å². The molecule has 0 aliphatic rings. The summed E-state index contributed by atoms with van der Waals surface area (Å²) in [4.78, 5) is 0. The molecule has 0 heterocycles. The molecule has 216 valence electrons. The molecule has 2 aromatic rings. The lowest BCUT2D eigenvalue weighted by atomic mass is 10.1. The number of benzene rings is 2. The van der Waals surface area contributed by atoms with Crippen molar-refractivity contribution in [1.82, 2.24) is 0 Å². The zero-order valence-electron chi connectivity index (χ0n) is 21.9. The van der Waals surface area contributed by atoms with Crippen LogP contribution in [0.3, 0.4) is 0 Å². The molecule has 0 radical (unpaired) electrons. The van der Waals surface area contributed by atoms with Gasteiger partial charge in [0.2, 0.25) is 11.5 Å². The molecule has 0 fully saturated rings. The third kappa shape index (κ3) is 14.3. The highest BCUT2D eigenvalue weighted by Gasteiger charge is 2.13. The van der Waals surface area contributed by atoms with Crippen LogP contribution in [-0.4, -0.2) is 84.2 Å². The molecule has 15 heteroatoms. The highest BCUT2D eigenvalue weighted by atomic mass is 32.3. The van der Waals surface area contributed by atoms with E-state index in [0.717, 1.165) is 24.0 Å². The molecule has 0 saturated heterocycles. The van der Waals surface area contributed by atoms with Gasteiger partial charge < -0.3 is 50.8 Å². The van der Waals surface area contributed by atoms with E-state index >= 15 is 0 Å². The van der Waals surface area contributed by atoms with Crippen LogP contribution in [0.5, 0.6) is 34.5 Å².